The summed E-state index contributed by atoms with van der Waals surface area (Å²) in [5.41, 5.74) is 7.01. The van der Waals surface area contributed by atoms with Crippen molar-refractivity contribution < 1.29 is 0 Å². The third kappa shape index (κ3) is 4.87. The van der Waals surface area contributed by atoms with Gasteiger partial charge in [-0.3, -0.25) is 0 Å². The van der Waals surface area contributed by atoms with E-state index >= 15 is 0 Å². The van der Waals surface area contributed by atoms with Crippen molar-refractivity contribution in [2.45, 2.75) is 79.1 Å². The Labute approximate surface area is 154 Å². The number of nitrogens with one attached hydrogen (secondary N) is 1. The van der Waals surface area contributed by atoms with Crippen molar-refractivity contribution in [3.8, 4) is 0 Å². The summed E-state index contributed by atoms with van der Waals surface area (Å²) in [7, 11) is 0. The Morgan fingerprint density at radius 1 is 1.16 bits per heavy atom. The van der Waals surface area contributed by atoms with E-state index < -0.39 is 0 Å². The van der Waals surface area contributed by atoms with Crippen molar-refractivity contribution in [3.05, 3.63) is 58.8 Å². The van der Waals surface area contributed by atoms with Crippen LogP contribution in [-0.4, -0.2) is 4.98 Å². The highest BCUT2D eigenvalue weighted by Crippen LogP contribution is 2.34. The van der Waals surface area contributed by atoms with E-state index in [9.17, 15) is 0 Å². The molecule has 0 bridgehead atoms. The fourth-order valence-corrected chi connectivity index (χ4v) is 3.63. The summed E-state index contributed by atoms with van der Waals surface area (Å²) in [4.78, 5) is 3.76. The maximum atomic E-state index is 3.76. The molecule has 1 aromatic heterocycles. The molecule has 1 nitrogen and oxygen atoms in total. The smallest absolute Gasteiger partial charge is 0.0459 e. The maximum absolute atomic E-state index is 3.76. The number of rotatable bonds is 9. The molecule has 1 heterocycles. The molecule has 136 valence electrons. The molecule has 0 aliphatic heterocycles. The molecule has 1 atom stereocenters. The first-order valence-corrected chi connectivity index (χ1v) is 10.1. The van der Waals surface area contributed by atoms with E-state index in [2.05, 4.69) is 76.0 Å². The van der Waals surface area contributed by atoms with E-state index in [1.807, 2.05) is 0 Å². The van der Waals surface area contributed by atoms with E-state index in [0.29, 0.717) is 5.92 Å². The maximum Gasteiger partial charge on any atom is 0.0459 e. The highest BCUT2D eigenvalue weighted by molar-refractivity contribution is 5.85. The average molecular weight is 338 g/mol. The number of allylic oxidation sites excluding steroid dienone is 4. The van der Waals surface area contributed by atoms with Crippen LogP contribution in [-0.2, 0) is 6.42 Å². The fourth-order valence-electron chi connectivity index (χ4n) is 3.63. The van der Waals surface area contributed by atoms with Crippen LogP contribution in [0.1, 0.15) is 82.5 Å². The highest BCUT2D eigenvalue weighted by Gasteiger charge is 2.18. The Hall–Kier alpha value is -1.76. The van der Waals surface area contributed by atoms with Crippen LogP contribution in [0.3, 0.4) is 0 Å². The Kier molecular flexibility index (Phi) is 7.55. The van der Waals surface area contributed by atoms with Crippen LogP contribution in [0.15, 0.2) is 42.0 Å². The van der Waals surface area contributed by atoms with Crippen molar-refractivity contribution in [1.29, 1.82) is 0 Å². The summed E-state index contributed by atoms with van der Waals surface area (Å²) in [5, 5.41) is 1.42. The van der Waals surface area contributed by atoms with Gasteiger partial charge in [-0.1, -0.05) is 69.9 Å². The molecule has 2 rings (SSSR count). The second-order valence-electron chi connectivity index (χ2n) is 7.24. The first-order chi connectivity index (χ1) is 12.1. The Morgan fingerprint density at radius 3 is 2.64 bits per heavy atom. The number of hydrogen-bond donors (Lipinski definition) is 1. The summed E-state index contributed by atoms with van der Waals surface area (Å²) in [6.07, 6.45) is 14.2. The van der Waals surface area contributed by atoms with Gasteiger partial charge in [0.15, 0.2) is 0 Å². The van der Waals surface area contributed by atoms with Gasteiger partial charge >= 0.3 is 0 Å². The lowest BCUT2D eigenvalue weighted by Gasteiger charge is -2.15. The van der Waals surface area contributed by atoms with E-state index in [0.717, 1.165) is 6.42 Å². The lowest BCUT2D eigenvalue weighted by molar-refractivity contribution is 0.710. The van der Waals surface area contributed by atoms with Crippen LogP contribution in [0.4, 0.5) is 0 Å². The standard InChI is InChI=1S/C24H35N/c1-6-9-11-14-21-22-17-18(4)15-16-23(22)25-24(21)19(5)20(12-8-3)13-10-7-2/h8,12-13,15-17,19,25H,6-7,9-11,14H2,1-5H3/b12-8-,20-13+. The molecular formula is C24H35N. The Bertz CT molecular complexity index is 730. The predicted molar refractivity (Wildman–Crippen MR) is 112 cm³/mol. The average Bonchev–Trinajstić information content (AvgIpc) is 2.96. The second kappa shape index (κ2) is 9.65. The quantitative estimate of drug-likeness (QED) is 0.358. The zero-order valence-electron chi connectivity index (χ0n) is 16.8. The number of hydrogen-bond acceptors (Lipinski definition) is 0. The lowest BCUT2D eigenvalue weighted by atomic mass is 9.90. The van der Waals surface area contributed by atoms with Gasteiger partial charge in [0.2, 0.25) is 0 Å². The summed E-state index contributed by atoms with van der Waals surface area (Å²) in [6, 6.07) is 6.81. The van der Waals surface area contributed by atoms with E-state index in [1.165, 1.54) is 65.4 Å². The topological polar surface area (TPSA) is 15.8 Å². The van der Waals surface area contributed by atoms with Crippen LogP contribution < -0.4 is 0 Å². The summed E-state index contributed by atoms with van der Waals surface area (Å²) < 4.78 is 0. The number of aromatic nitrogens is 1. The minimum absolute atomic E-state index is 0.409. The first kappa shape index (κ1) is 19.6. The van der Waals surface area contributed by atoms with Crippen molar-refractivity contribution in [1.82, 2.24) is 4.98 Å². The minimum atomic E-state index is 0.409. The lowest BCUT2D eigenvalue weighted by Crippen LogP contribution is -2.01. The van der Waals surface area contributed by atoms with E-state index in [-0.39, 0.29) is 0 Å². The van der Waals surface area contributed by atoms with Crippen LogP contribution in [0.25, 0.3) is 10.9 Å². The van der Waals surface area contributed by atoms with Gasteiger partial charge in [-0.05, 0) is 56.4 Å². The zero-order chi connectivity index (χ0) is 18.2. The first-order valence-electron chi connectivity index (χ1n) is 10.1. The number of H-pyrrole nitrogens is 1. The number of benzene rings is 1. The number of aryl methyl sites for hydroxylation is 2. The molecule has 0 saturated carbocycles. The molecule has 1 aromatic carbocycles. The SMILES string of the molecule is C/C=C\C(=C/CCC)C(C)c1[nH]c2ccc(C)cc2c1CCCCC. The Morgan fingerprint density at radius 2 is 1.96 bits per heavy atom. The third-order valence-corrected chi connectivity index (χ3v) is 5.09. The van der Waals surface area contributed by atoms with Crippen LogP contribution in [0.5, 0.6) is 0 Å². The number of aromatic amines is 1. The van der Waals surface area contributed by atoms with E-state index in [4.69, 9.17) is 0 Å². The predicted octanol–water partition coefficient (Wildman–Crippen LogP) is 7.62. The molecule has 0 aliphatic rings. The molecule has 1 unspecified atom stereocenters. The molecule has 2 aromatic rings. The van der Waals surface area contributed by atoms with Gasteiger partial charge < -0.3 is 4.98 Å². The highest BCUT2D eigenvalue weighted by atomic mass is 14.7. The normalized spacial score (nSPS) is 13.9. The molecule has 0 radical (unpaired) electrons. The summed E-state index contributed by atoms with van der Waals surface area (Å²) >= 11 is 0. The van der Waals surface area contributed by atoms with Crippen molar-refractivity contribution >= 4 is 10.9 Å². The van der Waals surface area contributed by atoms with Gasteiger partial charge in [0.1, 0.15) is 0 Å². The molecule has 0 saturated heterocycles. The molecule has 25 heavy (non-hydrogen) atoms. The van der Waals surface area contributed by atoms with Crippen LogP contribution in [0, 0.1) is 6.92 Å². The number of fused-ring (bicyclic) bond motifs is 1. The molecule has 0 amide bonds. The van der Waals surface area contributed by atoms with Crippen LogP contribution in [0.2, 0.25) is 0 Å². The number of unbranched alkanes of at least 4 members (excludes halogenated alkanes) is 3. The zero-order valence-corrected chi connectivity index (χ0v) is 16.8. The molecule has 0 spiro atoms. The van der Waals surface area contributed by atoms with Gasteiger partial charge in [-0.15, -0.1) is 0 Å². The molecular weight excluding hydrogens is 302 g/mol. The Balaban J connectivity index is 2.48. The van der Waals surface area contributed by atoms with Crippen LogP contribution >= 0.6 is 0 Å². The van der Waals surface area contributed by atoms with E-state index in [1.54, 1.807) is 0 Å². The van der Waals surface area contributed by atoms with Gasteiger partial charge in [0, 0.05) is 22.5 Å². The van der Waals surface area contributed by atoms with Gasteiger partial charge in [-0.2, -0.15) is 0 Å². The van der Waals surface area contributed by atoms with Gasteiger partial charge in [-0.25, -0.2) is 0 Å². The molecule has 1 N–H and O–H groups in total. The van der Waals surface area contributed by atoms with Gasteiger partial charge in [0.05, 0.1) is 0 Å². The van der Waals surface area contributed by atoms with Gasteiger partial charge in [0.25, 0.3) is 0 Å². The minimum Gasteiger partial charge on any atom is -0.358 e. The van der Waals surface area contributed by atoms with Crippen molar-refractivity contribution in [2.24, 2.45) is 0 Å². The molecule has 0 aliphatic carbocycles. The third-order valence-electron chi connectivity index (χ3n) is 5.09. The fraction of sp³-hybridized carbons (Fsp3) is 0.500. The summed E-state index contributed by atoms with van der Waals surface area (Å²) in [5.74, 6) is 0.409. The molecule has 0 fully saturated rings. The largest absolute Gasteiger partial charge is 0.358 e. The second-order valence-corrected chi connectivity index (χ2v) is 7.24. The van der Waals surface area contributed by atoms with Crippen molar-refractivity contribution in [2.75, 3.05) is 0 Å². The summed E-state index contributed by atoms with van der Waals surface area (Å²) in [6.45, 7) is 11.2. The van der Waals surface area contributed by atoms with Crippen molar-refractivity contribution in [3.63, 3.8) is 0 Å². The molecule has 1 heteroatoms. The monoisotopic (exact) mass is 337 g/mol.